The first kappa shape index (κ1) is 19.7. The van der Waals surface area contributed by atoms with Crippen LogP contribution in [0.15, 0.2) is 18.2 Å². The molecule has 1 N–H and O–H groups in total. The van der Waals surface area contributed by atoms with Crippen LogP contribution in [0.5, 0.6) is 5.75 Å². The van der Waals surface area contributed by atoms with E-state index in [2.05, 4.69) is 4.90 Å². The Hall–Kier alpha value is -2.05. The van der Waals surface area contributed by atoms with Crippen LogP contribution in [-0.2, 0) is 11.8 Å². The maximum Gasteiger partial charge on any atom is 0.340 e. The molecule has 1 atom stereocenters. The Morgan fingerprint density at radius 1 is 1.26 bits per heavy atom. The van der Waals surface area contributed by atoms with Crippen molar-refractivity contribution in [3.05, 3.63) is 29.5 Å². The van der Waals surface area contributed by atoms with Crippen LogP contribution in [0.2, 0.25) is 0 Å². The van der Waals surface area contributed by atoms with Crippen LogP contribution in [0.4, 0.5) is 0 Å². The maximum atomic E-state index is 12.4. The third kappa shape index (κ3) is 4.45. The minimum absolute atomic E-state index is 0.239. The van der Waals surface area contributed by atoms with Crippen LogP contribution in [0.1, 0.15) is 42.2 Å². The fourth-order valence-electron chi connectivity index (χ4n) is 3.79. The molecular formula is C21H30N2O4. The predicted molar refractivity (Wildman–Crippen MR) is 105 cm³/mol. The van der Waals surface area contributed by atoms with E-state index in [1.54, 1.807) is 6.92 Å². The number of likely N-dealkylation sites (tertiary alicyclic amines) is 1. The molecular weight excluding hydrogens is 344 g/mol. The number of esters is 1. The number of aliphatic hydroxyl groups is 1. The highest BCUT2D eigenvalue weighted by Gasteiger charge is 2.20. The van der Waals surface area contributed by atoms with Crippen molar-refractivity contribution >= 4 is 16.9 Å². The summed E-state index contributed by atoms with van der Waals surface area (Å²) in [4.78, 5) is 14.7. The number of nitrogens with zero attached hydrogens (tertiary/aromatic N) is 2. The van der Waals surface area contributed by atoms with Gasteiger partial charge in [0, 0.05) is 30.2 Å². The minimum Gasteiger partial charge on any atom is -0.491 e. The molecule has 0 amide bonds. The summed E-state index contributed by atoms with van der Waals surface area (Å²) in [6.45, 7) is 7.03. The molecule has 1 aliphatic rings. The number of piperidine rings is 1. The molecule has 1 aromatic carbocycles. The van der Waals surface area contributed by atoms with Crippen molar-refractivity contribution in [3.8, 4) is 5.75 Å². The third-order valence-corrected chi connectivity index (χ3v) is 5.30. The number of aryl methyl sites for hydroxylation is 1. The molecule has 0 aliphatic carbocycles. The third-order valence-electron chi connectivity index (χ3n) is 5.30. The van der Waals surface area contributed by atoms with Crippen LogP contribution < -0.4 is 4.74 Å². The zero-order chi connectivity index (χ0) is 19.4. The van der Waals surface area contributed by atoms with Gasteiger partial charge in [0.25, 0.3) is 0 Å². The van der Waals surface area contributed by atoms with Crippen molar-refractivity contribution < 1.29 is 19.4 Å². The molecule has 6 nitrogen and oxygen atoms in total. The second-order valence-electron chi connectivity index (χ2n) is 7.24. The van der Waals surface area contributed by atoms with Gasteiger partial charge < -0.3 is 24.0 Å². The number of ether oxygens (including phenoxy) is 2. The molecule has 3 rings (SSSR count). The Labute approximate surface area is 160 Å². The van der Waals surface area contributed by atoms with Crippen molar-refractivity contribution in [2.45, 2.75) is 39.2 Å². The molecule has 1 saturated heterocycles. The van der Waals surface area contributed by atoms with Gasteiger partial charge >= 0.3 is 5.97 Å². The number of carbonyl (C=O) groups is 1. The topological polar surface area (TPSA) is 63.9 Å². The molecule has 6 heteroatoms. The second kappa shape index (κ2) is 8.76. The zero-order valence-corrected chi connectivity index (χ0v) is 16.5. The van der Waals surface area contributed by atoms with Crippen molar-refractivity contribution in [3.63, 3.8) is 0 Å². The van der Waals surface area contributed by atoms with Crippen molar-refractivity contribution in [1.29, 1.82) is 0 Å². The van der Waals surface area contributed by atoms with Gasteiger partial charge in [0.05, 0.1) is 12.2 Å². The van der Waals surface area contributed by atoms with Gasteiger partial charge in [-0.2, -0.15) is 0 Å². The summed E-state index contributed by atoms with van der Waals surface area (Å²) < 4.78 is 13.0. The second-order valence-corrected chi connectivity index (χ2v) is 7.24. The van der Waals surface area contributed by atoms with Gasteiger partial charge in [-0.05, 0) is 58.0 Å². The smallest absolute Gasteiger partial charge is 0.340 e. The first-order chi connectivity index (χ1) is 13.0. The van der Waals surface area contributed by atoms with E-state index < -0.39 is 6.10 Å². The van der Waals surface area contributed by atoms with Gasteiger partial charge in [-0.3, -0.25) is 0 Å². The number of hydrogen-bond acceptors (Lipinski definition) is 5. The van der Waals surface area contributed by atoms with E-state index in [4.69, 9.17) is 9.47 Å². The molecule has 1 aliphatic heterocycles. The summed E-state index contributed by atoms with van der Waals surface area (Å²) in [7, 11) is 1.93. The Morgan fingerprint density at radius 3 is 2.70 bits per heavy atom. The molecule has 2 aromatic rings. The Bertz CT molecular complexity index is 793. The maximum absolute atomic E-state index is 12.4. The van der Waals surface area contributed by atoms with Crippen LogP contribution >= 0.6 is 0 Å². The molecule has 1 unspecified atom stereocenters. The SMILES string of the molecule is CCOC(=O)c1c(C)n(C)c2ccc(OCC(O)CN3CCCCC3)cc12. The number of hydrogen-bond donors (Lipinski definition) is 1. The lowest BCUT2D eigenvalue weighted by atomic mass is 10.1. The Kier molecular flexibility index (Phi) is 6.39. The zero-order valence-electron chi connectivity index (χ0n) is 16.5. The number of aromatic nitrogens is 1. The normalized spacial score (nSPS) is 16.4. The summed E-state index contributed by atoms with van der Waals surface area (Å²) in [6, 6.07) is 5.68. The van der Waals surface area contributed by atoms with E-state index >= 15 is 0 Å². The highest BCUT2D eigenvalue weighted by molar-refractivity contribution is 6.06. The van der Waals surface area contributed by atoms with Gasteiger partial charge in [0.1, 0.15) is 18.5 Å². The largest absolute Gasteiger partial charge is 0.491 e. The summed E-state index contributed by atoms with van der Waals surface area (Å²) >= 11 is 0. The van der Waals surface area contributed by atoms with Crippen LogP contribution in [0.3, 0.4) is 0 Å². The van der Waals surface area contributed by atoms with Crippen molar-refractivity contribution in [2.75, 3.05) is 32.8 Å². The van der Waals surface area contributed by atoms with Crippen LogP contribution in [-0.4, -0.2) is 59.5 Å². The summed E-state index contributed by atoms with van der Waals surface area (Å²) in [5.41, 5.74) is 2.40. The number of β-amino-alcohol motifs (C(OH)–C–C–N with tert-alkyl or cyclic N) is 1. The lowest BCUT2D eigenvalue weighted by molar-refractivity contribution is 0.0527. The number of aliphatic hydroxyl groups excluding tert-OH is 1. The minimum atomic E-state index is -0.527. The summed E-state index contributed by atoms with van der Waals surface area (Å²) in [5, 5.41) is 11.1. The van der Waals surface area contributed by atoms with Crippen molar-refractivity contribution in [1.82, 2.24) is 9.47 Å². The van der Waals surface area contributed by atoms with E-state index in [1.165, 1.54) is 19.3 Å². The van der Waals surface area contributed by atoms with Gasteiger partial charge in [0.2, 0.25) is 0 Å². The molecule has 2 heterocycles. The average Bonchev–Trinajstić information content (AvgIpc) is 2.91. The molecule has 0 bridgehead atoms. The average molecular weight is 374 g/mol. The number of rotatable bonds is 7. The number of carbonyl (C=O) groups excluding carboxylic acids is 1. The van der Waals surface area contributed by atoms with Gasteiger partial charge in [-0.1, -0.05) is 6.42 Å². The fraction of sp³-hybridized carbons (Fsp3) is 0.571. The highest BCUT2D eigenvalue weighted by atomic mass is 16.5. The van der Waals surface area contributed by atoms with Crippen LogP contribution in [0, 0.1) is 6.92 Å². The lowest BCUT2D eigenvalue weighted by Gasteiger charge is -2.28. The predicted octanol–water partition coefficient (Wildman–Crippen LogP) is 2.89. The molecule has 0 saturated carbocycles. The quantitative estimate of drug-likeness (QED) is 0.755. The summed E-state index contributed by atoms with van der Waals surface area (Å²) in [5.74, 6) is 0.333. The summed E-state index contributed by atoms with van der Waals surface area (Å²) in [6.07, 6.45) is 3.16. The van der Waals surface area contributed by atoms with Gasteiger partial charge in [0.15, 0.2) is 0 Å². The first-order valence-corrected chi connectivity index (χ1v) is 9.80. The van der Waals surface area contributed by atoms with Crippen molar-refractivity contribution in [2.24, 2.45) is 7.05 Å². The molecule has 148 valence electrons. The molecule has 0 spiro atoms. The molecule has 0 radical (unpaired) electrons. The van der Waals surface area contributed by atoms with E-state index in [9.17, 15) is 9.90 Å². The lowest BCUT2D eigenvalue weighted by Crippen LogP contribution is -2.38. The highest BCUT2D eigenvalue weighted by Crippen LogP contribution is 2.29. The van der Waals surface area contributed by atoms with Crippen LogP contribution in [0.25, 0.3) is 10.9 Å². The number of benzene rings is 1. The number of fused-ring (bicyclic) bond motifs is 1. The van der Waals surface area contributed by atoms with Gasteiger partial charge in [-0.25, -0.2) is 4.79 Å². The fourth-order valence-corrected chi connectivity index (χ4v) is 3.79. The monoisotopic (exact) mass is 374 g/mol. The van der Waals surface area contributed by atoms with E-state index in [-0.39, 0.29) is 12.6 Å². The molecule has 1 fully saturated rings. The standard InChI is InChI=1S/C21H30N2O4/c1-4-26-21(25)20-15(2)22(3)19-9-8-17(12-18(19)20)27-14-16(24)13-23-10-6-5-7-11-23/h8-9,12,16,24H,4-7,10-11,13-14H2,1-3H3. The Balaban J connectivity index is 1.71. The van der Waals surface area contributed by atoms with E-state index in [1.807, 2.05) is 36.7 Å². The molecule has 1 aromatic heterocycles. The molecule has 27 heavy (non-hydrogen) atoms. The van der Waals surface area contributed by atoms with E-state index in [0.717, 1.165) is 29.7 Å². The first-order valence-electron chi connectivity index (χ1n) is 9.80. The van der Waals surface area contributed by atoms with Gasteiger partial charge in [-0.15, -0.1) is 0 Å². The Morgan fingerprint density at radius 2 is 2.00 bits per heavy atom. The van der Waals surface area contributed by atoms with E-state index in [0.29, 0.717) is 24.5 Å².